The third-order valence-corrected chi connectivity index (χ3v) is 11.0. The number of likely N-dealkylation sites (tertiary alicyclic amines) is 1. The first kappa shape index (κ1) is 34.1. The van der Waals surface area contributed by atoms with Gasteiger partial charge in [-0.2, -0.15) is 8.78 Å². The number of rotatable bonds is 10. The lowest BCUT2D eigenvalue weighted by Crippen LogP contribution is -2.57. The van der Waals surface area contributed by atoms with E-state index < -0.39 is 36.8 Å². The van der Waals surface area contributed by atoms with E-state index in [0.717, 1.165) is 29.0 Å². The van der Waals surface area contributed by atoms with Crippen LogP contribution in [0.5, 0.6) is 0 Å². The topological polar surface area (TPSA) is 136 Å². The van der Waals surface area contributed by atoms with Gasteiger partial charge in [0.15, 0.2) is 0 Å². The molecule has 0 radical (unpaired) electrons. The van der Waals surface area contributed by atoms with Gasteiger partial charge in [0.05, 0.1) is 18.0 Å². The molecule has 46 heavy (non-hydrogen) atoms. The number of alkyl halides is 2. The molecule has 0 saturated carbocycles. The van der Waals surface area contributed by atoms with Gasteiger partial charge in [-0.05, 0) is 47.9 Å². The van der Waals surface area contributed by atoms with Crippen LogP contribution in [-0.2, 0) is 24.6 Å². The zero-order valence-electron chi connectivity index (χ0n) is 25.6. The molecule has 2 saturated heterocycles. The molecule has 2 fully saturated rings. The summed E-state index contributed by atoms with van der Waals surface area (Å²) >= 11 is 1.02. The van der Waals surface area contributed by atoms with E-state index in [0.29, 0.717) is 56.6 Å². The summed E-state index contributed by atoms with van der Waals surface area (Å²) in [5.74, 6) is -1.27. The summed E-state index contributed by atoms with van der Waals surface area (Å²) in [6, 6.07) is 12.6. The number of nitrogens with one attached hydrogen (secondary N) is 1. The average molecular weight is 678 g/mol. The van der Waals surface area contributed by atoms with Crippen molar-refractivity contribution in [3.63, 3.8) is 0 Å². The van der Waals surface area contributed by atoms with Gasteiger partial charge in [-0.3, -0.25) is 18.9 Å². The second-order valence-corrected chi connectivity index (χ2v) is 14.5. The summed E-state index contributed by atoms with van der Waals surface area (Å²) in [6.45, 7) is 5.41. The van der Waals surface area contributed by atoms with Crippen molar-refractivity contribution in [1.29, 1.82) is 0 Å². The lowest BCUT2D eigenvalue weighted by atomic mass is 9.92. The number of hydrogen-bond donors (Lipinski definition) is 3. The quantitative estimate of drug-likeness (QED) is 0.249. The smallest absolute Gasteiger partial charge is 0.370 e. The van der Waals surface area contributed by atoms with Gasteiger partial charge in [0.1, 0.15) is 18.2 Å². The average Bonchev–Trinajstić information content (AvgIpc) is 3.72. The Kier molecular flexibility index (Phi) is 10.3. The minimum absolute atomic E-state index is 0.142. The molecular formula is C32H38F2N3O7PS. The first-order valence-electron chi connectivity index (χ1n) is 15.4. The van der Waals surface area contributed by atoms with E-state index in [2.05, 4.69) is 5.32 Å². The molecule has 0 bridgehead atoms. The van der Waals surface area contributed by atoms with Crippen molar-refractivity contribution in [2.24, 2.45) is 5.92 Å². The second kappa shape index (κ2) is 13.9. The Hall–Kier alpha value is -3.22. The van der Waals surface area contributed by atoms with E-state index in [1.807, 2.05) is 44.2 Å². The molecule has 2 aliphatic rings. The lowest BCUT2D eigenvalue weighted by molar-refractivity contribution is -0.150. The molecule has 2 aliphatic heterocycles. The van der Waals surface area contributed by atoms with Crippen LogP contribution in [0.3, 0.4) is 0 Å². The number of carbonyl (C=O) groups excluding carboxylic acids is 3. The molecule has 248 valence electrons. The van der Waals surface area contributed by atoms with Gasteiger partial charge in [0, 0.05) is 23.4 Å². The van der Waals surface area contributed by atoms with E-state index >= 15 is 0 Å². The number of fused-ring (bicyclic) bond motifs is 1. The number of hydrogen-bond acceptors (Lipinski definition) is 6. The number of morpholine rings is 1. The standard InChI is InChI=1S/C32H38F2N3O7PS/c1-3-20(4-2)28(35-29(38)27-18-22-17-23(12-13-26(22)46-27)32(33,34)45(41,42)43)31(40)37-14-8-11-24(37)30(39)36-15-16-44-25(19-36)21-9-6-5-7-10-21/h5-7,9-10,12-13,17-18,20,24-25,28H,3-4,8,11,14-16,19H2,1-2H3,(H,35,38)(H2,41,42,43)/t24-,25-,28?/m0/s1. The number of amides is 3. The van der Waals surface area contributed by atoms with Crippen LogP contribution in [0.2, 0.25) is 0 Å². The maximum atomic E-state index is 14.3. The number of thiophene rings is 1. The highest BCUT2D eigenvalue weighted by Gasteiger charge is 2.50. The van der Waals surface area contributed by atoms with Crippen molar-refractivity contribution in [3.05, 3.63) is 70.6 Å². The maximum Gasteiger partial charge on any atom is 0.399 e. The molecule has 5 rings (SSSR count). The predicted octanol–water partition coefficient (Wildman–Crippen LogP) is 5.25. The van der Waals surface area contributed by atoms with Gasteiger partial charge in [0.25, 0.3) is 5.91 Å². The number of carbonyl (C=O) groups is 3. The molecule has 1 aromatic heterocycles. The van der Waals surface area contributed by atoms with Crippen LogP contribution in [0, 0.1) is 5.92 Å². The van der Waals surface area contributed by atoms with Crippen LogP contribution in [0.25, 0.3) is 10.1 Å². The van der Waals surface area contributed by atoms with Crippen LogP contribution < -0.4 is 5.32 Å². The molecule has 2 aromatic carbocycles. The Morgan fingerprint density at radius 1 is 1.09 bits per heavy atom. The van der Waals surface area contributed by atoms with Crippen molar-refractivity contribution < 1.29 is 42.3 Å². The van der Waals surface area contributed by atoms with Crippen LogP contribution in [0.1, 0.15) is 66.4 Å². The Morgan fingerprint density at radius 2 is 1.80 bits per heavy atom. The minimum Gasteiger partial charge on any atom is -0.370 e. The highest BCUT2D eigenvalue weighted by Crippen LogP contribution is 2.59. The van der Waals surface area contributed by atoms with Gasteiger partial charge in [-0.1, -0.05) is 63.1 Å². The fraction of sp³-hybridized carbons (Fsp3) is 0.469. The van der Waals surface area contributed by atoms with E-state index in [4.69, 9.17) is 14.5 Å². The molecule has 0 aliphatic carbocycles. The molecule has 3 N–H and O–H groups in total. The fourth-order valence-corrected chi connectivity index (χ4v) is 7.68. The predicted molar refractivity (Wildman–Crippen MR) is 170 cm³/mol. The third kappa shape index (κ3) is 6.89. The Balaban J connectivity index is 1.34. The summed E-state index contributed by atoms with van der Waals surface area (Å²) < 4.78 is 46.4. The Labute approximate surface area is 269 Å². The second-order valence-electron chi connectivity index (χ2n) is 11.7. The van der Waals surface area contributed by atoms with Crippen molar-refractivity contribution in [1.82, 2.24) is 15.1 Å². The Bertz CT molecular complexity index is 1630. The van der Waals surface area contributed by atoms with Crippen molar-refractivity contribution >= 4 is 46.7 Å². The first-order chi connectivity index (χ1) is 21.8. The molecule has 1 unspecified atom stereocenters. The largest absolute Gasteiger partial charge is 0.399 e. The summed E-state index contributed by atoms with van der Waals surface area (Å²) in [5, 5.41) is 3.09. The number of benzene rings is 2. The normalized spacial score (nSPS) is 19.9. The molecule has 14 heteroatoms. The summed E-state index contributed by atoms with van der Waals surface area (Å²) in [5.41, 5.74) is -4.27. The van der Waals surface area contributed by atoms with Gasteiger partial charge in [0.2, 0.25) is 11.8 Å². The van der Waals surface area contributed by atoms with Crippen LogP contribution in [-0.4, -0.2) is 75.6 Å². The molecule has 3 aromatic rings. The van der Waals surface area contributed by atoms with Gasteiger partial charge in [-0.25, -0.2) is 0 Å². The SMILES string of the molecule is CCC(CC)C(NC(=O)c1cc2cc(C(F)(F)P(=O)(O)O)ccc2s1)C(=O)N1CCC[C@H]1C(=O)N1CCO[C@H](c2ccccc2)C1. The van der Waals surface area contributed by atoms with E-state index in [9.17, 15) is 27.7 Å². The number of halogens is 2. The molecule has 3 amide bonds. The van der Waals surface area contributed by atoms with Gasteiger partial charge in [-0.15, -0.1) is 11.3 Å². The van der Waals surface area contributed by atoms with E-state index in [1.165, 1.54) is 12.1 Å². The van der Waals surface area contributed by atoms with Crippen molar-refractivity contribution in [3.8, 4) is 0 Å². The molecule has 0 spiro atoms. The van der Waals surface area contributed by atoms with Crippen LogP contribution in [0.15, 0.2) is 54.6 Å². The van der Waals surface area contributed by atoms with Gasteiger partial charge >= 0.3 is 13.3 Å². The van der Waals surface area contributed by atoms with Crippen molar-refractivity contribution in [2.75, 3.05) is 26.2 Å². The van der Waals surface area contributed by atoms with Crippen LogP contribution >= 0.6 is 18.9 Å². The van der Waals surface area contributed by atoms with E-state index in [-0.39, 0.29) is 34.1 Å². The summed E-state index contributed by atoms with van der Waals surface area (Å²) in [4.78, 5) is 63.2. The summed E-state index contributed by atoms with van der Waals surface area (Å²) in [7, 11) is -5.76. The highest BCUT2D eigenvalue weighted by molar-refractivity contribution is 7.52. The fourth-order valence-electron chi connectivity index (χ4n) is 6.26. The number of nitrogens with zero attached hydrogens (tertiary/aromatic N) is 2. The first-order valence-corrected chi connectivity index (χ1v) is 17.8. The van der Waals surface area contributed by atoms with Gasteiger partial charge < -0.3 is 29.6 Å². The number of ether oxygens (including phenoxy) is 1. The highest BCUT2D eigenvalue weighted by atomic mass is 32.1. The molecule has 10 nitrogen and oxygen atoms in total. The van der Waals surface area contributed by atoms with Crippen molar-refractivity contribution in [2.45, 2.75) is 63.4 Å². The zero-order chi connectivity index (χ0) is 33.2. The lowest BCUT2D eigenvalue weighted by Gasteiger charge is -2.37. The minimum atomic E-state index is -5.76. The van der Waals surface area contributed by atoms with Crippen LogP contribution in [0.4, 0.5) is 8.78 Å². The summed E-state index contributed by atoms with van der Waals surface area (Å²) in [6.07, 6.45) is 2.08. The Morgan fingerprint density at radius 3 is 2.48 bits per heavy atom. The zero-order valence-corrected chi connectivity index (χ0v) is 27.3. The maximum absolute atomic E-state index is 14.3. The molecular weight excluding hydrogens is 639 g/mol. The molecule has 3 atom stereocenters. The van der Waals surface area contributed by atoms with E-state index in [1.54, 1.807) is 9.80 Å². The molecule has 3 heterocycles. The third-order valence-electron chi connectivity index (χ3n) is 8.90. The monoisotopic (exact) mass is 677 g/mol.